The lowest BCUT2D eigenvalue weighted by Crippen LogP contribution is -2.27. The summed E-state index contributed by atoms with van der Waals surface area (Å²) in [6, 6.07) is 7.43. The molecule has 8 nitrogen and oxygen atoms in total. The number of methoxy groups -OCH3 is 1. The molecule has 9 heteroatoms. The molecule has 0 fully saturated rings. The van der Waals surface area contributed by atoms with Gasteiger partial charge in [-0.05, 0) is 24.3 Å². The summed E-state index contributed by atoms with van der Waals surface area (Å²) >= 11 is 0. The number of carbonyl (C=O) groups is 1. The van der Waals surface area contributed by atoms with Crippen LogP contribution in [0.1, 0.15) is 10.4 Å². The van der Waals surface area contributed by atoms with Crippen molar-refractivity contribution in [2.75, 3.05) is 13.7 Å². The first-order valence-corrected chi connectivity index (χ1v) is 8.66. The van der Waals surface area contributed by atoms with Crippen LogP contribution in [0.4, 0.5) is 0 Å². The van der Waals surface area contributed by atoms with Crippen LogP contribution in [0.25, 0.3) is 5.65 Å². The van der Waals surface area contributed by atoms with Crippen LogP contribution < -0.4 is 4.72 Å². The van der Waals surface area contributed by atoms with Gasteiger partial charge in [0.1, 0.15) is 5.65 Å². The first kappa shape index (κ1) is 16.2. The molecular formula is C15H16N4O4S. The van der Waals surface area contributed by atoms with Crippen molar-refractivity contribution in [3.05, 3.63) is 54.5 Å². The molecule has 0 spiro atoms. The molecule has 24 heavy (non-hydrogen) atoms. The summed E-state index contributed by atoms with van der Waals surface area (Å²) in [6.45, 7) is 0.707. The first-order chi connectivity index (χ1) is 11.5. The molecule has 1 aromatic carbocycles. The van der Waals surface area contributed by atoms with Gasteiger partial charge in [-0.2, -0.15) is 5.10 Å². The molecule has 3 aromatic rings. The van der Waals surface area contributed by atoms with Crippen molar-refractivity contribution in [3.8, 4) is 0 Å². The molecular weight excluding hydrogens is 332 g/mol. The van der Waals surface area contributed by atoms with Crippen molar-refractivity contribution in [1.82, 2.24) is 18.9 Å². The number of benzene rings is 1. The van der Waals surface area contributed by atoms with Crippen LogP contribution in [0.5, 0.6) is 0 Å². The van der Waals surface area contributed by atoms with Crippen LogP contribution in [-0.2, 0) is 21.3 Å². The zero-order valence-corrected chi connectivity index (χ0v) is 13.7. The average Bonchev–Trinajstić information content (AvgIpc) is 3.19. The zero-order chi connectivity index (χ0) is 17.2. The number of rotatable bonds is 6. The summed E-state index contributed by atoms with van der Waals surface area (Å²) < 4.78 is 35.3. The Hall–Kier alpha value is -2.65. The minimum Gasteiger partial charge on any atom is -0.465 e. The number of hydrogen-bond donors (Lipinski definition) is 1. The van der Waals surface area contributed by atoms with Gasteiger partial charge in [-0.3, -0.25) is 0 Å². The number of carbonyl (C=O) groups excluding carboxylic acids is 1. The van der Waals surface area contributed by atoms with E-state index in [9.17, 15) is 13.2 Å². The van der Waals surface area contributed by atoms with Crippen LogP contribution in [0.3, 0.4) is 0 Å². The normalized spacial score (nSPS) is 11.7. The lowest BCUT2D eigenvalue weighted by Gasteiger charge is -2.08. The van der Waals surface area contributed by atoms with Gasteiger partial charge in [-0.15, -0.1) is 0 Å². The van der Waals surface area contributed by atoms with E-state index in [-0.39, 0.29) is 11.4 Å². The van der Waals surface area contributed by atoms with E-state index in [1.165, 1.54) is 31.4 Å². The number of esters is 1. The number of sulfonamides is 1. The number of aromatic nitrogens is 3. The Morgan fingerprint density at radius 1 is 1.21 bits per heavy atom. The Bertz CT molecular complexity index is 957. The molecule has 126 valence electrons. The minimum absolute atomic E-state index is 0.0946. The van der Waals surface area contributed by atoms with Crippen LogP contribution in [-0.4, -0.2) is 42.2 Å². The van der Waals surface area contributed by atoms with Crippen molar-refractivity contribution >= 4 is 21.6 Å². The number of imidazole rings is 1. The molecule has 1 N–H and O–H groups in total. The van der Waals surface area contributed by atoms with Crippen LogP contribution in [0.2, 0.25) is 0 Å². The van der Waals surface area contributed by atoms with E-state index >= 15 is 0 Å². The maximum Gasteiger partial charge on any atom is 0.337 e. The van der Waals surface area contributed by atoms with Crippen LogP contribution >= 0.6 is 0 Å². The van der Waals surface area contributed by atoms with Crippen LogP contribution in [0, 0.1) is 0 Å². The SMILES string of the molecule is COC(=O)c1ccc(S(=O)(=O)NCCn2ccn3nccc23)cc1. The largest absolute Gasteiger partial charge is 0.465 e. The molecule has 0 saturated heterocycles. The predicted octanol–water partition coefficient (Wildman–Crippen LogP) is 0.901. The second-order valence-corrected chi connectivity index (χ2v) is 6.81. The molecule has 3 rings (SSSR count). The van der Waals surface area contributed by atoms with E-state index in [0.717, 1.165) is 5.65 Å². The van der Waals surface area contributed by atoms with E-state index in [1.807, 2.05) is 16.8 Å². The highest BCUT2D eigenvalue weighted by Gasteiger charge is 2.15. The summed E-state index contributed by atoms with van der Waals surface area (Å²) in [5.74, 6) is -0.510. The van der Waals surface area contributed by atoms with E-state index in [0.29, 0.717) is 12.1 Å². The third-order valence-electron chi connectivity index (χ3n) is 3.56. The molecule has 0 aliphatic carbocycles. The maximum absolute atomic E-state index is 12.3. The Morgan fingerprint density at radius 2 is 1.96 bits per heavy atom. The number of hydrogen-bond acceptors (Lipinski definition) is 5. The molecule has 0 aliphatic rings. The lowest BCUT2D eigenvalue weighted by molar-refractivity contribution is 0.0600. The van der Waals surface area contributed by atoms with E-state index in [4.69, 9.17) is 0 Å². The molecule has 0 radical (unpaired) electrons. The fourth-order valence-corrected chi connectivity index (χ4v) is 3.35. The highest BCUT2D eigenvalue weighted by atomic mass is 32.2. The number of nitrogens with one attached hydrogen (secondary N) is 1. The summed E-state index contributed by atoms with van der Waals surface area (Å²) in [5, 5.41) is 4.09. The minimum atomic E-state index is -3.64. The monoisotopic (exact) mass is 348 g/mol. The standard InChI is InChI=1S/C15H16N4O4S/c1-23-15(20)12-2-4-13(5-3-12)24(21,22)17-8-9-18-10-11-19-14(18)6-7-16-19/h2-7,10-11,17H,8-9H2,1H3. The van der Waals surface area contributed by atoms with Crippen molar-refractivity contribution in [1.29, 1.82) is 0 Å². The highest BCUT2D eigenvalue weighted by molar-refractivity contribution is 7.89. The molecule has 0 atom stereocenters. The van der Waals surface area contributed by atoms with Crippen molar-refractivity contribution < 1.29 is 17.9 Å². The summed E-state index contributed by atoms with van der Waals surface area (Å²) in [6.07, 6.45) is 5.32. The molecule has 2 heterocycles. The van der Waals surface area contributed by atoms with Crippen molar-refractivity contribution in [2.24, 2.45) is 0 Å². The lowest BCUT2D eigenvalue weighted by atomic mass is 10.2. The Kier molecular flexibility index (Phi) is 4.36. The predicted molar refractivity (Wildman–Crippen MR) is 86.2 cm³/mol. The Balaban J connectivity index is 1.65. The molecule has 0 bridgehead atoms. The Labute approximate surface area is 138 Å². The fraction of sp³-hybridized carbons (Fsp3) is 0.200. The summed E-state index contributed by atoms with van der Waals surface area (Å²) in [7, 11) is -2.37. The second-order valence-electron chi connectivity index (χ2n) is 5.04. The third kappa shape index (κ3) is 3.17. The average molecular weight is 348 g/mol. The maximum atomic E-state index is 12.3. The van der Waals surface area contributed by atoms with Gasteiger partial charge in [0, 0.05) is 31.5 Å². The smallest absolute Gasteiger partial charge is 0.337 e. The van der Waals surface area contributed by atoms with Gasteiger partial charge in [0.15, 0.2) is 0 Å². The van der Waals surface area contributed by atoms with Crippen molar-refractivity contribution in [2.45, 2.75) is 11.4 Å². The molecule has 2 aromatic heterocycles. The van der Waals surface area contributed by atoms with Gasteiger partial charge in [-0.25, -0.2) is 22.4 Å². The Morgan fingerprint density at radius 3 is 2.67 bits per heavy atom. The topological polar surface area (TPSA) is 94.7 Å². The van der Waals surface area contributed by atoms with E-state index < -0.39 is 16.0 Å². The van der Waals surface area contributed by atoms with Gasteiger partial charge in [0.05, 0.1) is 23.8 Å². The second kappa shape index (κ2) is 6.46. The third-order valence-corrected chi connectivity index (χ3v) is 5.04. The van der Waals surface area contributed by atoms with Gasteiger partial charge in [-0.1, -0.05) is 0 Å². The number of nitrogens with zero attached hydrogens (tertiary/aromatic N) is 3. The van der Waals surface area contributed by atoms with Gasteiger partial charge in [0.2, 0.25) is 10.0 Å². The molecule has 0 unspecified atom stereocenters. The summed E-state index contributed by atoms with van der Waals surface area (Å²) in [5.41, 5.74) is 1.18. The van der Waals surface area contributed by atoms with Gasteiger partial charge >= 0.3 is 5.97 Å². The first-order valence-electron chi connectivity index (χ1n) is 7.18. The molecule has 0 saturated carbocycles. The van der Waals surface area contributed by atoms with Gasteiger partial charge in [0.25, 0.3) is 0 Å². The quantitative estimate of drug-likeness (QED) is 0.668. The zero-order valence-electron chi connectivity index (χ0n) is 12.9. The number of ether oxygens (including phenoxy) is 1. The summed E-state index contributed by atoms with van der Waals surface area (Å²) in [4.78, 5) is 11.5. The van der Waals surface area contributed by atoms with Crippen molar-refractivity contribution in [3.63, 3.8) is 0 Å². The number of fused-ring (bicyclic) bond motifs is 1. The molecule has 0 amide bonds. The highest BCUT2D eigenvalue weighted by Crippen LogP contribution is 2.11. The van der Waals surface area contributed by atoms with Crippen LogP contribution in [0.15, 0.2) is 53.8 Å². The fourth-order valence-electron chi connectivity index (χ4n) is 2.33. The van der Waals surface area contributed by atoms with E-state index in [1.54, 1.807) is 16.9 Å². The van der Waals surface area contributed by atoms with E-state index in [2.05, 4.69) is 14.6 Å². The van der Waals surface area contributed by atoms with Gasteiger partial charge < -0.3 is 9.30 Å². The molecule has 0 aliphatic heterocycles.